The predicted molar refractivity (Wildman–Crippen MR) is 81.5 cm³/mol. The first-order valence-electron chi connectivity index (χ1n) is 6.78. The molecule has 0 saturated carbocycles. The van der Waals surface area contributed by atoms with Crippen LogP contribution in [0.15, 0.2) is 42.5 Å². The summed E-state index contributed by atoms with van der Waals surface area (Å²) in [6, 6.07) is 14.3. The van der Waals surface area contributed by atoms with Crippen molar-refractivity contribution in [3.8, 4) is 16.9 Å². The van der Waals surface area contributed by atoms with Gasteiger partial charge in [-0.15, -0.1) is 0 Å². The molecule has 0 saturated heterocycles. The van der Waals surface area contributed by atoms with E-state index in [0.717, 1.165) is 24.3 Å². The Balaban J connectivity index is 2.39. The number of hydrogen-bond donors (Lipinski definition) is 1. The van der Waals surface area contributed by atoms with Crippen LogP contribution in [0.3, 0.4) is 0 Å². The third-order valence-electron chi connectivity index (χ3n) is 3.39. The molecule has 0 spiro atoms. The summed E-state index contributed by atoms with van der Waals surface area (Å²) in [5, 5.41) is 0. The zero-order valence-corrected chi connectivity index (χ0v) is 11.6. The molecule has 0 heterocycles. The minimum absolute atomic E-state index is 0.878. The average molecular weight is 255 g/mol. The maximum absolute atomic E-state index is 6.13. The first kappa shape index (κ1) is 13.5. The van der Waals surface area contributed by atoms with Crippen LogP contribution in [0.25, 0.3) is 11.1 Å². The topological polar surface area (TPSA) is 35.2 Å². The van der Waals surface area contributed by atoms with Gasteiger partial charge in [-0.1, -0.05) is 37.6 Å². The van der Waals surface area contributed by atoms with E-state index in [1.807, 2.05) is 24.3 Å². The highest BCUT2D eigenvalue weighted by Crippen LogP contribution is 2.30. The first-order chi connectivity index (χ1) is 9.26. The van der Waals surface area contributed by atoms with Crippen LogP contribution in [0.1, 0.15) is 25.3 Å². The summed E-state index contributed by atoms with van der Waals surface area (Å²) in [4.78, 5) is 0. The maximum atomic E-state index is 6.13. The number of nitrogens with two attached hydrogens (primary N) is 1. The molecule has 2 nitrogen and oxygen atoms in total. The van der Waals surface area contributed by atoms with Gasteiger partial charge in [0.15, 0.2) is 0 Å². The maximum Gasteiger partial charge on any atom is 0.118 e. The molecule has 0 unspecified atom stereocenters. The molecule has 0 radical (unpaired) electrons. The Bertz CT molecular complexity index is 531. The minimum atomic E-state index is 0.878. The molecular weight excluding hydrogens is 234 g/mol. The molecular formula is C17H21NO. The highest BCUT2D eigenvalue weighted by Gasteiger charge is 2.08. The van der Waals surface area contributed by atoms with Gasteiger partial charge in [0, 0.05) is 5.69 Å². The van der Waals surface area contributed by atoms with Crippen molar-refractivity contribution in [1.29, 1.82) is 0 Å². The summed E-state index contributed by atoms with van der Waals surface area (Å²) < 4.78 is 5.20. The second-order valence-corrected chi connectivity index (χ2v) is 4.71. The SMILES string of the molecule is CCCCc1c(N)cccc1-c1ccc(OC)cc1. The van der Waals surface area contributed by atoms with E-state index in [4.69, 9.17) is 10.5 Å². The molecule has 2 N–H and O–H groups in total. The van der Waals surface area contributed by atoms with E-state index in [2.05, 4.69) is 25.1 Å². The third-order valence-corrected chi connectivity index (χ3v) is 3.39. The second-order valence-electron chi connectivity index (χ2n) is 4.71. The van der Waals surface area contributed by atoms with Crippen molar-refractivity contribution in [3.05, 3.63) is 48.0 Å². The lowest BCUT2D eigenvalue weighted by atomic mass is 9.95. The summed E-state index contributed by atoms with van der Waals surface area (Å²) in [6.07, 6.45) is 3.37. The van der Waals surface area contributed by atoms with E-state index in [-0.39, 0.29) is 0 Å². The Morgan fingerprint density at radius 3 is 2.42 bits per heavy atom. The van der Waals surface area contributed by atoms with Gasteiger partial charge in [0.2, 0.25) is 0 Å². The Labute approximate surface area is 115 Å². The van der Waals surface area contributed by atoms with E-state index >= 15 is 0 Å². The predicted octanol–water partition coefficient (Wildman–Crippen LogP) is 4.29. The fourth-order valence-corrected chi connectivity index (χ4v) is 2.28. The fraction of sp³-hybridized carbons (Fsp3) is 0.294. The number of benzene rings is 2. The van der Waals surface area contributed by atoms with Crippen molar-refractivity contribution in [1.82, 2.24) is 0 Å². The molecule has 2 rings (SSSR count). The number of ether oxygens (including phenoxy) is 1. The summed E-state index contributed by atoms with van der Waals surface area (Å²) in [5.41, 5.74) is 10.7. The zero-order chi connectivity index (χ0) is 13.7. The van der Waals surface area contributed by atoms with Crippen LogP contribution in [0.2, 0.25) is 0 Å². The Hall–Kier alpha value is -1.96. The number of hydrogen-bond acceptors (Lipinski definition) is 2. The van der Waals surface area contributed by atoms with Gasteiger partial charge >= 0.3 is 0 Å². The van der Waals surface area contributed by atoms with E-state index in [0.29, 0.717) is 0 Å². The molecule has 0 aromatic heterocycles. The molecule has 100 valence electrons. The van der Waals surface area contributed by atoms with Gasteiger partial charge in [0.05, 0.1) is 7.11 Å². The Morgan fingerprint density at radius 2 is 1.79 bits per heavy atom. The van der Waals surface area contributed by atoms with E-state index in [9.17, 15) is 0 Å². The van der Waals surface area contributed by atoms with Crippen LogP contribution in [0.5, 0.6) is 5.75 Å². The van der Waals surface area contributed by atoms with Crippen molar-refractivity contribution in [2.45, 2.75) is 26.2 Å². The quantitative estimate of drug-likeness (QED) is 0.809. The molecule has 2 heteroatoms. The van der Waals surface area contributed by atoms with Gasteiger partial charge in [-0.25, -0.2) is 0 Å². The largest absolute Gasteiger partial charge is 0.497 e. The van der Waals surface area contributed by atoms with Crippen molar-refractivity contribution < 1.29 is 4.74 Å². The molecule has 2 aromatic rings. The monoisotopic (exact) mass is 255 g/mol. The zero-order valence-electron chi connectivity index (χ0n) is 11.6. The Morgan fingerprint density at radius 1 is 1.05 bits per heavy atom. The summed E-state index contributed by atoms with van der Waals surface area (Å²) >= 11 is 0. The van der Waals surface area contributed by atoms with Crippen LogP contribution in [0, 0.1) is 0 Å². The van der Waals surface area contributed by atoms with Gasteiger partial charge in [0.1, 0.15) is 5.75 Å². The molecule has 0 fully saturated rings. The lowest BCUT2D eigenvalue weighted by molar-refractivity contribution is 0.415. The van der Waals surface area contributed by atoms with Gasteiger partial charge in [-0.2, -0.15) is 0 Å². The lowest BCUT2D eigenvalue weighted by Crippen LogP contribution is -1.97. The van der Waals surface area contributed by atoms with Gasteiger partial charge < -0.3 is 10.5 Å². The van der Waals surface area contributed by atoms with Crippen LogP contribution in [-0.4, -0.2) is 7.11 Å². The number of methoxy groups -OCH3 is 1. The standard InChI is InChI=1S/C17H21NO/c1-3-4-6-16-15(7-5-8-17(16)18)13-9-11-14(19-2)12-10-13/h5,7-12H,3-4,6,18H2,1-2H3. The summed E-state index contributed by atoms with van der Waals surface area (Å²) in [7, 11) is 1.68. The lowest BCUT2D eigenvalue weighted by Gasteiger charge is -2.12. The number of nitrogen functional groups attached to an aromatic ring is 1. The summed E-state index contributed by atoms with van der Waals surface area (Å²) in [6.45, 7) is 2.20. The molecule has 0 aliphatic rings. The van der Waals surface area contributed by atoms with Crippen LogP contribution in [0.4, 0.5) is 5.69 Å². The summed E-state index contributed by atoms with van der Waals surface area (Å²) in [5.74, 6) is 0.878. The van der Waals surface area contributed by atoms with E-state index in [1.54, 1.807) is 7.11 Å². The highest BCUT2D eigenvalue weighted by molar-refractivity contribution is 5.73. The normalized spacial score (nSPS) is 10.4. The van der Waals surface area contributed by atoms with Gasteiger partial charge in [-0.05, 0) is 47.7 Å². The van der Waals surface area contributed by atoms with E-state index in [1.165, 1.54) is 23.1 Å². The van der Waals surface area contributed by atoms with Crippen molar-refractivity contribution in [3.63, 3.8) is 0 Å². The van der Waals surface area contributed by atoms with Crippen LogP contribution < -0.4 is 10.5 Å². The molecule has 0 aliphatic carbocycles. The smallest absolute Gasteiger partial charge is 0.118 e. The molecule has 0 atom stereocenters. The van der Waals surface area contributed by atoms with Crippen molar-refractivity contribution in [2.75, 3.05) is 12.8 Å². The number of anilines is 1. The second kappa shape index (κ2) is 6.28. The minimum Gasteiger partial charge on any atom is -0.497 e. The van der Waals surface area contributed by atoms with Crippen molar-refractivity contribution >= 4 is 5.69 Å². The average Bonchev–Trinajstić information content (AvgIpc) is 2.46. The van der Waals surface area contributed by atoms with Crippen molar-refractivity contribution in [2.24, 2.45) is 0 Å². The van der Waals surface area contributed by atoms with Crippen LogP contribution >= 0.6 is 0 Å². The molecule has 0 amide bonds. The molecule has 0 bridgehead atoms. The first-order valence-corrected chi connectivity index (χ1v) is 6.78. The fourth-order valence-electron chi connectivity index (χ4n) is 2.28. The third kappa shape index (κ3) is 3.08. The molecule has 0 aliphatic heterocycles. The highest BCUT2D eigenvalue weighted by atomic mass is 16.5. The van der Waals surface area contributed by atoms with Gasteiger partial charge in [0.25, 0.3) is 0 Å². The Kier molecular flexibility index (Phi) is 4.45. The van der Waals surface area contributed by atoms with Crippen LogP contribution in [-0.2, 0) is 6.42 Å². The number of rotatable bonds is 5. The van der Waals surface area contributed by atoms with E-state index < -0.39 is 0 Å². The molecule has 19 heavy (non-hydrogen) atoms. The number of unbranched alkanes of at least 4 members (excludes halogenated alkanes) is 1. The van der Waals surface area contributed by atoms with Gasteiger partial charge in [-0.3, -0.25) is 0 Å². The molecule has 2 aromatic carbocycles.